The lowest BCUT2D eigenvalue weighted by molar-refractivity contribution is -0.119. The molecule has 4 nitrogen and oxygen atoms in total. The predicted octanol–water partition coefficient (Wildman–Crippen LogP) is 8.09. The number of pyridine rings is 1. The number of imidazole rings is 1. The predicted molar refractivity (Wildman–Crippen MR) is 161 cm³/mol. The van der Waals surface area contributed by atoms with Gasteiger partial charge in [-0.25, -0.2) is 9.37 Å². The van der Waals surface area contributed by atoms with E-state index in [1.54, 1.807) is 18.6 Å². The molecule has 1 aliphatic carbocycles. The second-order valence-electron chi connectivity index (χ2n) is 10.6. The quantitative estimate of drug-likeness (QED) is 0.147. The molecule has 5 aromatic rings. The van der Waals surface area contributed by atoms with Crippen LogP contribution in [-0.4, -0.2) is 20.3 Å². The van der Waals surface area contributed by atoms with Crippen molar-refractivity contribution in [3.63, 3.8) is 0 Å². The van der Waals surface area contributed by atoms with Gasteiger partial charge in [-0.15, -0.1) is 0 Å². The van der Waals surface area contributed by atoms with E-state index in [1.807, 2.05) is 60.8 Å². The highest BCUT2D eigenvalue weighted by Gasteiger charge is 2.38. The number of hydrogen-bond donors (Lipinski definition) is 0. The number of nitrogens with zero attached hydrogens (tertiary/aromatic N) is 3. The lowest BCUT2D eigenvalue weighted by Gasteiger charge is -2.37. The van der Waals surface area contributed by atoms with Crippen LogP contribution in [-0.2, 0) is 10.3 Å². The molecule has 0 aliphatic heterocycles. The number of allylic oxidation sites excluding steroid dienone is 1. The van der Waals surface area contributed by atoms with Crippen LogP contribution in [0.1, 0.15) is 54.4 Å². The maximum absolute atomic E-state index is 15.2. The molecule has 204 valence electrons. The summed E-state index contributed by atoms with van der Waals surface area (Å²) in [5.41, 5.74) is 3.90. The average Bonchev–Trinajstić information content (AvgIpc) is 3.53. The van der Waals surface area contributed by atoms with Crippen molar-refractivity contribution in [1.82, 2.24) is 14.5 Å². The smallest absolute Gasteiger partial charge is 0.158 e. The molecule has 0 bridgehead atoms. The highest BCUT2D eigenvalue weighted by molar-refractivity contribution is 5.96. The van der Waals surface area contributed by atoms with Crippen LogP contribution in [0, 0.1) is 11.7 Å². The molecule has 6 rings (SSSR count). The standard InChI is InChI=1S/C36H32FN3O/c37-33-24-38-23-32(31(33)21-22-35(41)27-13-5-1-6-14-27)34-25-40(26-39-34)36(28-15-7-2-8-16-28,29-17-9-3-10-18-29)30-19-11-4-12-20-30/h2-4,7-12,15-27H,1,5-6,13-14H2. The first-order valence-corrected chi connectivity index (χ1v) is 14.2. The van der Waals surface area contributed by atoms with E-state index in [0.717, 1.165) is 42.4 Å². The summed E-state index contributed by atoms with van der Waals surface area (Å²) in [7, 11) is 0. The highest BCUT2D eigenvalue weighted by atomic mass is 19.1. The third-order valence-corrected chi connectivity index (χ3v) is 8.18. The minimum atomic E-state index is -0.733. The number of rotatable bonds is 8. The summed E-state index contributed by atoms with van der Waals surface area (Å²) >= 11 is 0. The molecule has 1 saturated carbocycles. The van der Waals surface area contributed by atoms with E-state index in [0.29, 0.717) is 16.8 Å². The van der Waals surface area contributed by atoms with Crippen molar-refractivity contribution < 1.29 is 9.18 Å². The maximum atomic E-state index is 15.2. The number of carbonyl (C=O) groups excluding carboxylic acids is 1. The van der Waals surface area contributed by atoms with E-state index in [9.17, 15) is 4.79 Å². The first kappa shape index (κ1) is 26.6. The SMILES string of the molecule is O=C(C=Cc1c(F)cncc1-c1cn(C(c2ccccc2)(c2ccccc2)c2ccccc2)cn1)C1CCCCC1. The molecule has 0 unspecified atom stereocenters. The highest BCUT2D eigenvalue weighted by Crippen LogP contribution is 2.41. The Morgan fingerprint density at radius 2 is 1.37 bits per heavy atom. The monoisotopic (exact) mass is 541 g/mol. The summed E-state index contributed by atoms with van der Waals surface area (Å²) in [5, 5.41) is 0. The summed E-state index contributed by atoms with van der Waals surface area (Å²) in [6, 6.07) is 31.0. The van der Waals surface area contributed by atoms with E-state index in [-0.39, 0.29) is 11.7 Å². The van der Waals surface area contributed by atoms with E-state index in [2.05, 4.69) is 45.9 Å². The van der Waals surface area contributed by atoms with Crippen LogP contribution < -0.4 is 0 Å². The Labute approximate surface area is 240 Å². The molecule has 41 heavy (non-hydrogen) atoms. The van der Waals surface area contributed by atoms with Gasteiger partial charge in [0.1, 0.15) is 11.4 Å². The fourth-order valence-corrected chi connectivity index (χ4v) is 6.14. The number of benzene rings is 3. The Kier molecular flexibility index (Phi) is 7.68. The van der Waals surface area contributed by atoms with Gasteiger partial charge >= 0.3 is 0 Å². The van der Waals surface area contributed by atoms with Crippen molar-refractivity contribution in [2.24, 2.45) is 5.92 Å². The van der Waals surface area contributed by atoms with Gasteiger partial charge in [0, 0.05) is 29.4 Å². The van der Waals surface area contributed by atoms with Crippen molar-refractivity contribution in [1.29, 1.82) is 0 Å². The van der Waals surface area contributed by atoms with Crippen LogP contribution in [0.25, 0.3) is 17.3 Å². The van der Waals surface area contributed by atoms with E-state index < -0.39 is 11.4 Å². The lowest BCUT2D eigenvalue weighted by atomic mass is 9.77. The van der Waals surface area contributed by atoms with Crippen LogP contribution >= 0.6 is 0 Å². The number of hydrogen-bond acceptors (Lipinski definition) is 3. The van der Waals surface area contributed by atoms with Crippen LogP contribution in [0.5, 0.6) is 0 Å². The molecule has 0 saturated heterocycles. The third kappa shape index (κ3) is 5.16. The number of carbonyl (C=O) groups is 1. The Balaban J connectivity index is 1.48. The maximum Gasteiger partial charge on any atom is 0.158 e. The topological polar surface area (TPSA) is 47.8 Å². The van der Waals surface area contributed by atoms with Gasteiger partial charge in [-0.3, -0.25) is 9.78 Å². The largest absolute Gasteiger partial charge is 0.318 e. The summed E-state index contributed by atoms with van der Waals surface area (Å²) < 4.78 is 17.3. The molecule has 2 heterocycles. The second kappa shape index (κ2) is 11.8. The van der Waals surface area contributed by atoms with E-state index in [4.69, 9.17) is 4.98 Å². The molecule has 0 radical (unpaired) electrons. The molecule has 0 spiro atoms. The van der Waals surface area contributed by atoms with E-state index in [1.165, 1.54) is 18.7 Å². The lowest BCUT2D eigenvalue weighted by Crippen LogP contribution is -2.36. The second-order valence-corrected chi connectivity index (χ2v) is 10.6. The van der Waals surface area contributed by atoms with Gasteiger partial charge in [-0.1, -0.05) is 110 Å². The molecule has 1 aliphatic rings. The fourth-order valence-electron chi connectivity index (χ4n) is 6.14. The van der Waals surface area contributed by atoms with E-state index >= 15 is 4.39 Å². The molecule has 0 N–H and O–H groups in total. The molecule has 0 amide bonds. The normalized spacial score (nSPS) is 14.4. The molecule has 5 heteroatoms. The minimum absolute atomic E-state index is 0.0239. The Hall–Kier alpha value is -4.64. The molecule has 3 aromatic carbocycles. The van der Waals surface area contributed by atoms with Crippen molar-refractivity contribution in [2.75, 3.05) is 0 Å². The molecule has 1 fully saturated rings. The number of ketones is 1. The van der Waals surface area contributed by atoms with Crippen LogP contribution in [0.2, 0.25) is 0 Å². The Morgan fingerprint density at radius 1 is 0.805 bits per heavy atom. The fraction of sp³-hybridized carbons (Fsp3) is 0.194. The van der Waals surface area contributed by atoms with Crippen LogP contribution in [0.15, 0.2) is 122 Å². The van der Waals surface area contributed by atoms with Crippen molar-refractivity contribution >= 4 is 11.9 Å². The van der Waals surface area contributed by atoms with Gasteiger partial charge in [0.05, 0.1) is 18.2 Å². The molecular weight excluding hydrogens is 509 g/mol. The average molecular weight is 542 g/mol. The third-order valence-electron chi connectivity index (χ3n) is 8.18. The summed E-state index contributed by atoms with van der Waals surface area (Å²) in [6.07, 6.45) is 14.8. The van der Waals surface area contributed by atoms with Gasteiger partial charge in [0.2, 0.25) is 0 Å². The van der Waals surface area contributed by atoms with Gasteiger partial charge < -0.3 is 4.57 Å². The Bertz CT molecular complexity index is 1540. The van der Waals surface area contributed by atoms with Gasteiger partial charge in [-0.2, -0.15) is 0 Å². The molecule has 0 atom stereocenters. The van der Waals surface area contributed by atoms with Crippen molar-refractivity contribution in [3.05, 3.63) is 150 Å². The molecular formula is C36H32FN3O. The van der Waals surface area contributed by atoms with Gasteiger partial charge in [0.15, 0.2) is 5.78 Å². The van der Waals surface area contributed by atoms with Gasteiger partial charge in [0.25, 0.3) is 0 Å². The first-order valence-electron chi connectivity index (χ1n) is 14.2. The summed E-state index contributed by atoms with van der Waals surface area (Å²) in [4.78, 5) is 21.8. The van der Waals surface area contributed by atoms with Gasteiger partial charge in [-0.05, 0) is 41.7 Å². The van der Waals surface area contributed by atoms with Crippen LogP contribution in [0.4, 0.5) is 4.39 Å². The minimum Gasteiger partial charge on any atom is -0.318 e. The zero-order valence-electron chi connectivity index (χ0n) is 22.9. The summed E-state index contributed by atoms with van der Waals surface area (Å²) in [5.74, 6) is -0.394. The number of halogens is 1. The van der Waals surface area contributed by atoms with Crippen molar-refractivity contribution in [3.8, 4) is 11.3 Å². The van der Waals surface area contributed by atoms with Crippen LogP contribution in [0.3, 0.4) is 0 Å². The zero-order chi connectivity index (χ0) is 28.1. The first-order chi connectivity index (χ1) is 20.2. The zero-order valence-corrected chi connectivity index (χ0v) is 22.9. The molecule has 2 aromatic heterocycles. The summed E-state index contributed by atoms with van der Waals surface area (Å²) in [6.45, 7) is 0. The van der Waals surface area contributed by atoms with Crippen molar-refractivity contribution in [2.45, 2.75) is 37.6 Å². The number of aromatic nitrogens is 3. The Morgan fingerprint density at radius 3 is 1.93 bits per heavy atom.